The Kier molecular flexibility index (Phi) is 7.25. The van der Waals surface area contributed by atoms with Crippen LogP contribution in [0.1, 0.15) is 20.8 Å². The van der Waals surface area contributed by atoms with Gasteiger partial charge in [-0.15, -0.1) is 6.58 Å². The first-order chi connectivity index (χ1) is 10.8. The number of sulfonamides is 1. The number of nitrogens with zero attached hydrogens (tertiary/aromatic N) is 1. The number of nitrogens with one attached hydrogen (secondary N) is 1. The monoisotopic (exact) mass is 340 g/mol. The molecule has 0 saturated heterocycles. The van der Waals surface area contributed by atoms with Crippen LogP contribution in [0.25, 0.3) is 0 Å². The molecule has 128 valence electrons. The van der Waals surface area contributed by atoms with Crippen molar-refractivity contribution < 1.29 is 17.9 Å². The summed E-state index contributed by atoms with van der Waals surface area (Å²) in [6, 6.07) is 6.22. The van der Waals surface area contributed by atoms with Crippen LogP contribution in [0.15, 0.2) is 41.8 Å². The zero-order valence-electron chi connectivity index (χ0n) is 13.8. The molecule has 0 aliphatic heterocycles. The topological polar surface area (TPSA) is 75.7 Å². The lowest BCUT2D eigenvalue weighted by Crippen LogP contribution is -2.37. The third-order valence-corrected chi connectivity index (χ3v) is 4.45. The molecule has 1 aromatic rings. The number of rotatable bonds is 9. The highest BCUT2D eigenvalue weighted by molar-refractivity contribution is 7.89. The molecule has 1 N–H and O–H groups in total. The van der Waals surface area contributed by atoms with Crippen LogP contribution in [0.4, 0.5) is 0 Å². The second kappa shape index (κ2) is 8.69. The predicted molar refractivity (Wildman–Crippen MR) is 89.8 cm³/mol. The van der Waals surface area contributed by atoms with Gasteiger partial charge in [0, 0.05) is 26.6 Å². The molecule has 0 spiro atoms. The van der Waals surface area contributed by atoms with E-state index in [1.54, 1.807) is 18.2 Å². The number of hydrogen-bond donors (Lipinski definition) is 1. The molecule has 0 unspecified atom stereocenters. The van der Waals surface area contributed by atoms with Crippen molar-refractivity contribution in [2.45, 2.75) is 31.8 Å². The van der Waals surface area contributed by atoms with Gasteiger partial charge in [-0.1, -0.05) is 6.08 Å². The molecular weight excluding hydrogens is 316 g/mol. The van der Waals surface area contributed by atoms with Crippen LogP contribution in [-0.4, -0.2) is 45.0 Å². The smallest absolute Gasteiger partial charge is 0.240 e. The minimum absolute atomic E-state index is 0.0259. The fourth-order valence-electron chi connectivity index (χ4n) is 1.90. The van der Waals surface area contributed by atoms with Crippen LogP contribution in [-0.2, 0) is 14.8 Å². The van der Waals surface area contributed by atoms with Crippen LogP contribution < -0.4 is 9.46 Å². The van der Waals surface area contributed by atoms with Crippen molar-refractivity contribution in [3.63, 3.8) is 0 Å². The van der Waals surface area contributed by atoms with Gasteiger partial charge in [0.1, 0.15) is 5.75 Å². The summed E-state index contributed by atoms with van der Waals surface area (Å²) < 4.78 is 32.4. The van der Waals surface area contributed by atoms with E-state index in [2.05, 4.69) is 11.3 Å². The van der Waals surface area contributed by atoms with E-state index in [9.17, 15) is 13.2 Å². The molecule has 0 saturated carbocycles. The van der Waals surface area contributed by atoms with Crippen LogP contribution in [0.2, 0.25) is 0 Å². The van der Waals surface area contributed by atoms with Gasteiger partial charge in [-0.3, -0.25) is 4.79 Å². The van der Waals surface area contributed by atoms with Gasteiger partial charge in [0.25, 0.3) is 0 Å². The molecule has 23 heavy (non-hydrogen) atoms. The molecule has 1 rings (SSSR count). The van der Waals surface area contributed by atoms with Crippen molar-refractivity contribution in [3.8, 4) is 5.75 Å². The van der Waals surface area contributed by atoms with Crippen molar-refractivity contribution in [1.82, 2.24) is 9.62 Å². The lowest BCUT2D eigenvalue weighted by atomic mass is 10.3. The Morgan fingerprint density at radius 3 is 2.43 bits per heavy atom. The van der Waals surface area contributed by atoms with Crippen LogP contribution in [0, 0.1) is 0 Å². The van der Waals surface area contributed by atoms with E-state index in [0.717, 1.165) is 0 Å². The molecule has 0 aliphatic carbocycles. The second-order valence-electron chi connectivity index (χ2n) is 5.29. The fraction of sp³-hybridized carbons (Fsp3) is 0.438. The average molecular weight is 340 g/mol. The molecule has 0 aliphatic rings. The highest BCUT2D eigenvalue weighted by atomic mass is 32.2. The van der Waals surface area contributed by atoms with Crippen molar-refractivity contribution in [2.75, 3.05) is 19.6 Å². The molecule has 1 amide bonds. The average Bonchev–Trinajstić information content (AvgIpc) is 2.46. The summed E-state index contributed by atoms with van der Waals surface area (Å²) in [5.74, 6) is 0.493. The van der Waals surface area contributed by atoms with Crippen molar-refractivity contribution >= 4 is 15.9 Å². The lowest BCUT2D eigenvalue weighted by molar-refractivity contribution is -0.128. The van der Waals surface area contributed by atoms with Gasteiger partial charge < -0.3 is 9.64 Å². The molecule has 0 radical (unpaired) electrons. The van der Waals surface area contributed by atoms with E-state index in [1.807, 2.05) is 13.8 Å². The predicted octanol–water partition coefficient (Wildman–Crippen LogP) is 1.79. The summed E-state index contributed by atoms with van der Waals surface area (Å²) in [4.78, 5) is 13.0. The van der Waals surface area contributed by atoms with Gasteiger partial charge in [-0.05, 0) is 38.1 Å². The molecule has 0 heterocycles. The number of ether oxygens (including phenoxy) is 1. The van der Waals surface area contributed by atoms with E-state index < -0.39 is 10.0 Å². The number of carbonyl (C=O) groups is 1. The summed E-state index contributed by atoms with van der Waals surface area (Å²) in [7, 11) is -3.61. The first kappa shape index (κ1) is 19.2. The molecule has 0 aromatic heterocycles. The maximum absolute atomic E-state index is 12.2. The van der Waals surface area contributed by atoms with Gasteiger partial charge in [0.2, 0.25) is 15.9 Å². The largest absolute Gasteiger partial charge is 0.491 e. The Labute approximate surface area is 138 Å². The summed E-state index contributed by atoms with van der Waals surface area (Å²) in [6.07, 6.45) is 1.63. The number of amides is 1. The van der Waals surface area contributed by atoms with Crippen molar-refractivity contribution in [2.24, 2.45) is 0 Å². The zero-order chi connectivity index (χ0) is 17.5. The zero-order valence-corrected chi connectivity index (χ0v) is 14.6. The Hall–Kier alpha value is -1.86. The van der Waals surface area contributed by atoms with Gasteiger partial charge in [0.15, 0.2) is 0 Å². The maximum Gasteiger partial charge on any atom is 0.240 e. The normalized spacial score (nSPS) is 11.3. The standard InChI is InChI=1S/C16H24N2O4S/c1-5-11-18(14(4)19)12-10-17-23(20,21)16-8-6-15(7-9-16)22-13(2)3/h5-9,13,17H,1,10-12H2,2-4H3. The Morgan fingerprint density at radius 2 is 1.96 bits per heavy atom. The van der Waals surface area contributed by atoms with E-state index in [0.29, 0.717) is 12.3 Å². The highest BCUT2D eigenvalue weighted by Crippen LogP contribution is 2.16. The molecule has 0 atom stereocenters. The molecule has 6 nitrogen and oxygen atoms in total. The third kappa shape index (κ3) is 6.42. The fourth-order valence-corrected chi connectivity index (χ4v) is 2.92. The summed E-state index contributed by atoms with van der Waals surface area (Å²) in [6.45, 7) is 9.62. The quantitative estimate of drug-likeness (QED) is 0.695. The van der Waals surface area contributed by atoms with E-state index in [-0.39, 0.29) is 30.0 Å². The summed E-state index contributed by atoms with van der Waals surface area (Å²) in [5, 5.41) is 0. The molecule has 1 aromatic carbocycles. The highest BCUT2D eigenvalue weighted by Gasteiger charge is 2.15. The van der Waals surface area contributed by atoms with Gasteiger partial charge >= 0.3 is 0 Å². The maximum atomic E-state index is 12.2. The summed E-state index contributed by atoms with van der Waals surface area (Å²) >= 11 is 0. The SMILES string of the molecule is C=CCN(CCNS(=O)(=O)c1ccc(OC(C)C)cc1)C(C)=O. The first-order valence-electron chi connectivity index (χ1n) is 7.39. The Bertz CT molecular complexity index is 624. The molecule has 7 heteroatoms. The molecule has 0 fully saturated rings. The van der Waals surface area contributed by atoms with Crippen molar-refractivity contribution in [1.29, 1.82) is 0 Å². The van der Waals surface area contributed by atoms with Crippen LogP contribution in [0.3, 0.4) is 0 Å². The van der Waals surface area contributed by atoms with Gasteiger partial charge in [0.05, 0.1) is 11.0 Å². The van der Waals surface area contributed by atoms with E-state index in [4.69, 9.17) is 4.74 Å². The lowest BCUT2D eigenvalue weighted by Gasteiger charge is -2.19. The van der Waals surface area contributed by atoms with E-state index >= 15 is 0 Å². The first-order valence-corrected chi connectivity index (χ1v) is 8.87. The number of carbonyl (C=O) groups excluding carboxylic acids is 1. The number of hydrogen-bond acceptors (Lipinski definition) is 4. The third-order valence-electron chi connectivity index (χ3n) is 2.97. The number of benzene rings is 1. The van der Waals surface area contributed by atoms with E-state index in [1.165, 1.54) is 24.0 Å². The Balaban J connectivity index is 2.65. The Morgan fingerprint density at radius 1 is 1.35 bits per heavy atom. The van der Waals surface area contributed by atoms with Gasteiger partial charge in [-0.25, -0.2) is 13.1 Å². The van der Waals surface area contributed by atoms with Crippen LogP contribution >= 0.6 is 0 Å². The molecule has 0 bridgehead atoms. The van der Waals surface area contributed by atoms with Crippen LogP contribution in [0.5, 0.6) is 5.75 Å². The van der Waals surface area contributed by atoms with Crippen molar-refractivity contribution in [3.05, 3.63) is 36.9 Å². The summed E-state index contributed by atoms with van der Waals surface area (Å²) in [5.41, 5.74) is 0. The molecular formula is C16H24N2O4S. The van der Waals surface area contributed by atoms with Gasteiger partial charge in [-0.2, -0.15) is 0 Å². The minimum atomic E-state index is -3.61. The second-order valence-corrected chi connectivity index (χ2v) is 7.06. The minimum Gasteiger partial charge on any atom is -0.491 e.